The number of fused-ring (bicyclic) bond motifs is 1. The van der Waals surface area contributed by atoms with Crippen LogP contribution >= 0.6 is 11.6 Å². The molecule has 0 unspecified atom stereocenters. The normalized spacial score (nSPS) is 10.4. The quantitative estimate of drug-likeness (QED) is 0.772. The summed E-state index contributed by atoms with van der Waals surface area (Å²) in [7, 11) is 1.49. The Kier molecular flexibility index (Phi) is 2.13. The molecule has 0 saturated heterocycles. The van der Waals surface area contributed by atoms with Crippen molar-refractivity contribution in [1.82, 2.24) is 9.97 Å². The SMILES string of the molecule is COc1nc2[nH]c(C=O)cc2cc1Cl. The van der Waals surface area contributed by atoms with Crippen LogP contribution in [0.3, 0.4) is 0 Å². The molecule has 72 valence electrons. The third-order valence-electron chi connectivity index (χ3n) is 1.87. The maximum atomic E-state index is 10.5. The molecular weight excluding hydrogens is 204 g/mol. The molecule has 0 aliphatic heterocycles. The Morgan fingerprint density at radius 3 is 3.00 bits per heavy atom. The number of aromatic nitrogens is 2. The third-order valence-corrected chi connectivity index (χ3v) is 2.14. The van der Waals surface area contributed by atoms with Crippen molar-refractivity contribution in [3.05, 3.63) is 22.8 Å². The minimum atomic E-state index is 0.346. The Labute approximate surface area is 84.9 Å². The Bertz CT molecular complexity index is 493. The van der Waals surface area contributed by atoms with Crippen molar-refractivity contribution >= 4 is 28.9 Å². The molecule has 1 N–H and O–H groups in total. The molecule has 0 radical (unpaired) electrons. The van der Waals surface area contributed by atoms with E-state index in [1.807, 2.05) is 0 Å². The van der Waals surface area contributed by atoms with Gasteiger partial charge in [-0.15, -0.1) is 0 Å². The van der Waals surface area contributed by atoms with Crippen LogP contribution in [0.25, 0.3) is 11.0 Å². The summed E-state index contributed by atoms with van der Waals surface area (Å²) in [6, 6.07) is 3.38. The fourth-order valence-corrected chi connectivity index (χ4v) is 1.48. The molecule has 2 aromatic heterocycles. The largest absolute Gasteiger partial charge is 0.480 e. The molecule has 14 heavy (non-hydrogen) atoms. The van der Waals surface area contributed by atoms with Crippen molar-refractivity contribution < 1.29 is 9.53 Å². The van der Waals surface area contributed by atoms with E-state index in [0.29, 0.717) is 22.2 Å². The van der Waals surface area contributed by atoms with Gasteiger partial charge in [0.25, 0.3) is 0 Å². The number of rotatable bonds is 2. The van der Waals surface area contributed by atoms with Gasteiger partial charge in [0.15, 0.2) is 6.29 Å². The molecule has 4 nitrogen and oxygen atoms in total. The lowest BCUT2D eigenvalue weighted by molar-refractivity contribution is 0.111. The van der Waals surface area contributed by atoms with E-state index in [-0.39, 0.29) is 0 Å². The van der Waals surface area contributed by atoms with Crippen molar-refractivity contribution in [2.45, 2.75) is 0 Å². The van der Waals surface area contributed by atoms with Crippen LogP contribution in [0.5, 0.6) is 5.88 Å². The summed E-state index contributed by atoms with van der Waals surface area (Å²) >= 11 is 5.87. The van der Waals surface area contributed by atoms with E-state index in [0.717, 1.165) is 11.7 Å². The van der Waals surface area contributed by atoms with Gasteiger partial charge in [0.2, 0.25) is 5.88 Å². The molecule has 0 saturated carbocycles. The van der Waals surface area contributed by atoms with E-state index in [4.69, 9.17) is 16.3 Å². The first kappa shape index (κ1) is 9.02. The van der Waals surface area contributed by atoms with Gasteiger partial charge in [-0.2, -0.15) is 4.98 Å². The van der Waals surface area contributed by atoms with Crippen LogP contribution in [0.15, 0.2) is 12.1 Å². The van der Waals surface area contributed by atoms with Crippen LogP contribution in [0, 0.1) is 0 Å². The summed E-state index contributed by atoms with van der Waals surface area (Å²) in [5.41, 5.74) is 1.06. The monoisotopic (exact) mass is 210 g/mol. The number of aldehydes is 1. The van der Waals surface area contributed by atoms with Gasteiger partial charge < -0.3 is 9.72 Å². The zero-order valence-corrected chi connectivity index (χ0v) is 8.13. The van der Waals surface area contributed by atoms with Gasteiger partial charge in [-0.1, -0.05) is 11.6 Å². The van der Waals surface area contributed by atoms with Crippen molar-refractivity contribution in [2.24, 2.45) is 0 Å². The van der Waals surface area contributed by atoms with Crippen LogP contribution < -0.4 is 4.74 Å². The van der Waals surface area contributed by atoms with Crippen LogP contribution in [0.1, 0.15) is 10.5 Å². The van der Waals surface area contributed by atoms with Gasteiger partial charge in [-0.25, -0.2) is 0 Å². The number of aromatic amines is 1. The van der Waals surface area contributed by atoms with Gasteiger partial charge >= 0.3 is 0 Å². The molecule has 0 fully saturated rings. The highest BCUT2D eigenvalue weighted by Crippen LogP contribution is 2.26. The Morgan fingerprint density at radius 2 is 2.36 bits per heavy atom. The smallest absolute Gasteiger partial charge is 0.234 e. The van der Waals surface area contributed by atoms with Gasteiger partial charge in [0, 0.05) is 5.39 Å². The second-order valence-electron chi connectivity index (χ2n) is 2.76. The predicted molar refractivity (Wildman–Crippen MR) is 53.0 cm³/mol. The molecule has 0 aromatic carbocycles. The number of methoxy groups -OCH3 is 1. The van der Waals surface area contributed by atoms with Crippen LogP contribution in [-0.4, -0.2) is 23.4 Å². The fourth-order valence-electron chi connectivity index (χ4n) is 1.24. The molecule has 0 spiro atoms. The fraction of sp³-hybridized carbons (Fsp3) is 0.111. The third kappa shape index (κ3) is 1.33. The summed E-state index contributed by atoms with van der Waals surface area (Å²) in [5.74, 6) is 0.346. The number of carbonyl (C=O) groups is 1. The number of carbonyl (C=O) groups excluding carboxylic acids is 1. The number of nitrogens with zero attached hydrogens (tertiary/aromatic N) is 1. The van der Waals surface area contributed by atoms with Crippen LogP contribution in [0.2, 0.25) is 5.02 Å². The van der Waals surface area contributed by atoms with E-state index >= 15 is 0 Å². The first-order chi connectivity index (χ1) is 6.74. The van der Waals surface area contributed by atoms with Gasteiger partial charge in [0.1, 0.15) is 10.7 Å². The lowest BCUT2D eigenvalue weighted by Crippen LogP contribution is -1.88. The summed E-state index contributed by atoms with van der Waals surface area (Å²) in [5, 5.41) is 1.22. The standard InChI is InChI=1S/C9H7ClN2O2/c1-14-9-7(10)3-5-2-6(4-13)11-8(5)12-9/h2-4H,1H3,(H,11,12). The molecule has 5 heteroatoms. The van der Waals surface area contributed by atoms with Crippen molar-refractivity contribution in [3.8, 4) is 5.88 Å². The van der Waals surface area contributed by atoms with E-state index in [9.17, 15) is 4.79 Å². The molecule has 2 rings (SSSR count). The molecule has 2 aromatic rings. The maximum Gasteiger partial charge on any atom is 0.234 e. The van der Waals surface area contributed by atoms with Gasteiger partial charge in [0.05, 0.1) is 12.8 Å². The van der Waals surface area contributed by atoms with Crippen molar-refractivity contribution in [3.63, 3.8) is 0 Å². The molecule has 0 amide bonds. The number of hydrogen-bond donors (Lipinski definition) is 1. The lowest BCUT2D eigenvalue weighted by Gasteiger charge is -2.00. The molecule has 0 aliphatic rings. The van der Waals surface area contributed by atoms with Gasteiger partial charge in [-0.05, 0) is 12.1 Å². The molecular formula is C9H7ClN2O2. The van der Waals surface area contributed by atoms with Gasteiger partial charge in [-0.3, -0.25) is 4.79 Å². The second-order valence-corrected chi connectivity index (χ2v) is 3.17. The maximum absolute atomic E-state index is 10.5. The highest BCUT2D eigenvalue weighted by molar-refractivity contribution is 6.32. The Hall–Kier alpha value is -1.55. The average Bonchev–Trinajstić information content (AvgIpc) is 2.58. The molecule has 0 atom stereocenters. The highest BCUT2D eigenvalue weighted by Gasteiger charge is 2.07. The van der Waals surface area contributed by atoms with Crippen LogP contribution in [-0.2, 0) is 0 Å². The Balaban J connectivity index is 2.69. The number of pyridine rings is 1. The minimum absolute atomic E-state index is 0.346. The topological polar surface area (TPSA) is 55.0 Å². The summed E-state index contributed by atoms with van der Waals surface area (Å²) in [6.45, 7) is 0. The highest BCUT2D eigenvalue weighted by atomic mass is 35.5. The van der Waals surface area contributed by atoms with E-state index < -0.39 is 0 Å². The number of hydrogen-bond acceptors (Lipinski definition) is 3. The summed E-state index contributed by atoms with van der Waals surface area (Å²) < 4.78 is 4.94. The first-order valence-corrected chi connectivity index (χ1v) is 4.31. The number of H-pyrrole nitrogens is 1. The first-order valence-electron chi connectivity index (χ1n) is 3.93. The molecule has 2 heterocycles. The summed E-state index contributed by atoms with van der Waals surface area (Å²) in [6.07, 6.45) is 0.724. The number of nitrogens with one attached hydrogen (secondary N) is 1. The van der Waals surface area contributed by atoms with Crippen molar-refractivity contribution in [2.75, 3.05) is 7.11 Å². The van der Waals surface area contributed by atoms with E-state index in [1.165, 1.54) is 7.11 Å². The second kappa shape index (κ2) is 3.31. The summed E-state index contributed by atoms with van der Waals surface area (Å²) in [4.78, 5) is 17.4. The van der Waals surface area contributed by atoms with E-state index in [2.05, 4.69) is 9.97 Å². The predicted octanol–water partition coefficient (Wildman–Crippen LogP) is 2.04. The number of ether oxygens (including phenoxy) is 1. The van der Waals surface area contributed by atoms with Crippen molar-refractivity contribution in [1.29, 1.82) is 0 Å². The molecule has 0 aliphatic carbocycles. The molecule has 0 bridgehead atoms. The lowest BCUT2D eigenvalue weighted by atomic mass is 10.3. The minimum Gasteiger partial charge on any atom is -0.480 e. The van der Waals surface area contributed by atoms with E-state index in [1.54, 1.807) is 12.1 Å². The zero-order chi connectivity index (χ0) is 10.1. The van der Waals surface area contributed by atoms with Crippen LogP contribution in [0.4, 0.5) is 0 Å². The average molecular weight is 211 g/mol. The Morgan fingerprint density at radius 1 is 1.57 bits per heavy atom. The zero-order valence-electron chi connectivity index (χ0n) is 7.37. The number of halogens is 1.